The summed E-state index contributed by atoms with van der Waals surface area (Å²) < 4.78 is 8.84. The van der Waals surface area contributed by atoms with E-state index in [4.69, 9.17) is 4.42 Å². The number of aromatic nitrogens is 2. The third-order valence-corrected chi connectivity index (χ3v) is 3.94. The molecule has 2 heterocycles. The number of carbonyl (C=O) groups excluding carboxylic acids is 1. The average molecular weight is 410 g/mol. The van der Waals surface area contributed by atoms with Crippen LogP contribution in [-0.2, 0) is 6.54 Å². The Hall–Kier alpha value is -1.66. The molecule has 0 bridgehead atoms. The van der Waals surface area contributed by atoms with Gasteiger partial charge in [0.05, 0.1) is 12.1 Å². The quantitative estimate of drug-likeness (QED) is 0.594. The Kier molecular flexibility index (Phi) is 4.07. The summed E-state index contributed by atoms with van der Waals surface area (Å²) in [6, 6.07) is 11.5. The zero-order valence-electron chi connectivity index (χ0n) is 10.8. The molecule has 6 heteroatoms. The molecular formula is C15H10Br2N2O2. The van der Waals surface area contributed by atoms with Gasteiger partial charge in [-0.3, -0.25) is 9.48 Å². The fourth-order valence-corrected chi connectivity index (χ4v) is 2.58. The number of furan rings is 1. The first-order valence-electron chi connectivity index (χ1n) is 6.18. The Bertz CT molecular complexity index is 775. The Labute approximate surface area is 138 Å². The minimum absolute atomic E-state index is 0.508. The second kappa shape index (κ2) is 5.99. The SMILES string of the molecule is O=Cc1cn(Cc2ccc(Br)cc2)nc1-c1ccc(Br)o1. The van der Waals surface area contributed by atoms with Gasteiger partial charge < -0.3 is 4.42 Å². The number of rotatable bonds is 4. The first-order chi connectivity index (χ1) is 10.2. The van der Waals surface area contributed by atoms with Gasteiger partial charge in [0.25, 0.3) is 0 Å². The molecule has 3 aromatic rings. The molecule has 0 aliphatic rings. The summed E-state index contributed by atoms with van der Waals surface area (Å²) in [5.41, 5.74) is 2.16. The van der Waals surface area contributed by atoms with Gasteiger partial charge in [-0.05, 0) is 45.8 Å². The summed E-state index contributed by atoms with van der Waals surface area (Å²) in [5, 5.41) is 4.44. The third-order valence-electron chi connectivity index (χ3n) is 2.98. The molecule has 0 atom stereocenters. The van der Waals surface area contributed by atoms with E-state index in [9.17, 15) is 4.79 Å². The molecule has 0 unspecified atom stereocenters. The maximum absolute atomic E-state index is 11.2. The number of hydrogen-bond acceptors (Lipinski definition) is 3. The van der Waals surface area contributed by atoms with E-state index in [1.165, 1.54) is 0 Å². The monoisotopic (exact) mass is 408 g/mol. The number of halogens is 2. The Morgan fingerprint density at radius 2 is 1.90 bits per heavy atom. The Balaban J connectivity index is 1.92. The molecule has 0 amide bonds. The molecule has 0 aliphatic heterocycles. The van der Waals surface area contributed by atoms with Gasteiger partial charge in [0, 0.05) is 10.7 Å². The maximum Gasteiger partial charge on any atom is 0.169 e. The summed E-state index contributed by atoms with van der Waals surface area (Å²) in [5.74, 6) is 0.568. The molecule has 2 aromatic heterocycles. The summed E-state index contributed by atoms with van der Waals surface area (Å²) in [4.78, 5) is 11.2. The highest BCUT2D eigenvalue weighted by Gasteiger charge is 2.14. The van der Waals surface area contributed by atoms with Crippen LogP contribution in [0.2, 0.25) is 0 Å². The Morgan fingerprint density at radius 1 is 1.14 bits per heavy atom. The maximum atomic E-state index is 11.2. The van der Waals surface area contributed by atoms with Crippen molar-refractivity contribution in [3.8, 4) is 11.5 Å². The van der Waals surface area contributed by atoms with Crippen LogP contribution in [0.4, 0.5) is 0 Å². The molecule has 0 N–H and O–H groups in total. The highest BCUT2D eigenvalue weighted by molar-refractivity contribution is 9.10. The highest BCUT2D eigenvalue weighted by Crippen LogP contribution is 2.26. The van der Waals surface area contributed by atoms with Crippen LogP contribution >= 0.6 is 31.9 Å². The molecular weight excluding hydrogens is 400 g/mol. The zero-order chi connectivity index (χ0) is 14.8. The normalized spacial score (nSPS) is 10.8. The van der Waals surface area contributed by atoms with Crippen molar-refractivity contribution in [1.82, 2.24) is 9.78 Å². The zero-order valence-corrected chi connectivity index (χ0v) is 14.0. The molecule has 0 radical (unpaired) electrons. The summed E-state index contributed by atoms with van der Waals surface area (Å²) in [7, 11) is 0. The fraction of sp³-hybridized carbons (Fsp3) is 0.0667. The van der Waals surface area contributed by atoms with Gasteiger partial charge in [0.15, 0.2) is 16.7 Å². The second-order valence-corrected chi connectivity index (χ2v) is 6.18. The van der Waals surface area contributed by atoms with Gasteiger partial charge in [0.2, 0.25) is 0 Å². The van der Waals surface area contributed by atoms with Crippen molar-refractivity contribution in [3.63, 3.8) is 0 Å². The van der Waals surface area contributed by atoms with Crippen LogP contribution in [0.5, 0.6) is 0 Å². The largest absolute Gasteiger partial charge is 0.448 e. The fourth-order valence-electron chi connectivity index (χ4n) is 2.01. The predicted molar refractivity (Wildman–Crippen MR) is 86.3 cm³/mol. The molecule has 0 aliphatic carbocycles. The van der Waals surface area contributed by atoms with Gasteiger partial charge in [-0.15, -0.1) is 0 Å². The second-order valence-electron chi connectivity index (χ2n) is 4.48. The van der Waals surface area contributed by atoms with E-state index >= 15 is 0 Å². The summed E-state index contributed by atoms with van der Waals surface area (Å²) in [6.45, 7) is 0.593. The van der Waals surface area contributed by atoms with E-state index in [0.717, 1.165) is 16.3 Å². The number of carbonyl (C=O) groups is 1. The molecule has 0 saturated carbocycles. The van der Waals surface area contributed by atoms with Gasteiger partial charge in [-0.2, -0.15) is 5.10 Å². The van der Waals surface area contributed by atoms with E-state index in [0.29, 0.717) is 28.2 Å². The van der Waals surface area contributed by atoms with E-state index in [1.54, 1.807) is 23.0 Å². The van der Waals surface area contributed by atoms with Crippen LogP contribution in [0, 0.1) is 0 Å². The number of benzene rings is 1. The minimum Gasteiger partial charge on any atom is -0.448 e. The summed E-state index contributed by atoms with van der Waals surface area (Å²) >= 11 is 6.65. The Morgan fingerprint density at radius 3 is 2.52 bits per heavy atom. The van der Waals surface area contributed by atoms with Gasteiger partial charge in [-0.25, -0.2) is 0 Å². The van der Waals surface area contributed by atoms with Crippen LogP contribution in [0.1, 0.15) is 15.9 Å². The number of nitrogens with zero attached hydrogens (tertiary/aromatic N) is 2. The average Bonchev–Trinajstić information content (AvgIpc) is 3.07. The smallest absolute Gasteiger partial charge is 0.169 e. The lowest BCUT2D eigenvalue weighted by atomic mass is 10.2. The van der Waals surface area contributed by atoms with Gasteiger partial charge in [-0.1, -0.05) is 28.1 Å². The third kappa shape index (κ3) is 3.16. The van der Waals surface area contributed by atoms with Crippen LogP contribution in [0.15, 0.2) is 56.2 Å². The highest BCUT2D eigenvalue weighted by atomic mass is 79.9. The summed E-state index contributed by atoms with van der Waals surface area (Å²) in [6.07, 6.45) is 2.51. The van der Waals surface area contributed by atoms with Crippen molar-refractivity contribution in [2.45, 2.75) is 6.54 Å². The molecule has 0 spiro atoms. The standard InChI is InChI=1S/C15H10Br2N2O2/c16-12-3-1-10(2-4-12)7-19-8-11(9-20)15(18-19)13-5-6-14(17)21-13/h1-6,8-9H,7H2. The molecule has 4 nitrogen and oxygen atoms in total. The number of hydrogen-bond donors (Lipinski definition) is 0. The van der Waals surface area contributed by atoms with Crippen LogP contribution in [0.3, 0.4) is 0 Å². The molecule has 106 valence electrons. The lowest BCUT2D eigenvalue weighted by Gasteiger charge is -2.01. The molecule has 3 rings (SSSR count). The lowest BCUT2D eigenvalue weighted by molar-refractivity contribution is 0.112. The topological polar surface area (TPSA) is 48.0 Å². The van der Waals surface area contributed by atoms with E-state index in [2.05, 4.69) is 37.0 Å². The molecule has 0 fully saturated rings. The van der Waals surface area contributed by atoms with E-state index < -0.39 is 0 Å². The predicted octanol–water partition coefficient (Wildman–Crippen LogP) is 4.53. The van der Waals surface area contributed by atoms with E-state index in [-0.39, 0.29) is 0 Å². The molecule has 21 heavy (non-hydrogen) atoms. The van der Waals surface area contributed by atoms with Crippen LogP contribution in [0.25, 0.3) is 11.5 Å². The van der Waals surface area contributed by atoms with Crippen LogP contribution < -0.4 is 0 Å². The first-order valence-corrected chi connectivity index (χ1v) is 7.77. The van der Waals surface area contributed by atoms with Crippen molar-refractivity contribution in [2.75, 3.05) is 0 Å². The van der Waals surface area contributed by atoms with E-state index in [1.807, 2.05) is 24.3 Å². The van der Waals surface area contributed by atoms with Crippen molar-refractivity contribution in [2.24, 2.45) is 0 Å². The van der Waals surface area contributed by atoms with Crippen molar-refractivity contribution in [3.05, 3.63) is 62.9 Å². The van der Waals surface area contributed by atoms with Crippen LogP contribution in [-0.4, -0.2) is 16.1 Å². The first kappa shape index (κ1) is 14.3. The lowest BCUT2D eigenvalue weighted by Crippen LogP contribution is -2.00. The molecule has 0 saturated heterocycles. The minimum atomic E-state index is 0.508. The molecule has 1 aromatic carbocycles. The van der Waals surface area contributed by atoms with Crippen molar-refractivity contribution < 1.29 is 9.21 Å². The van der Waals surface area contributed by atoms with Gasteiger partial charge in [0.1, 0.15) is 5.69 Å². The number of aldehydes is 1. The van der Waals surface area contributed by atoms with Crippen molar-refractivity contribution >= 4 is 38.1 Å². The van der Waals surface area contributed by atoms with Crippen molar-refractivity contribution in [1.29, 1.82) is 0 Å². The van der Waals surface area contributed by atoms with Gasteiger partial charge >= 0.3 is 0 Å².